The van der Waals surface area contributed by atoms with Gasteiger partial charge < -0.3 is 16.8 Å². The molecule has 0 aliphatic rings. The molecule has 0 atom stereocenters. The van der Waals surface area contributed by atoms with Crippen LogP contribution in [0.2, 0.25) is 0 Å². The van der Waals surface area contributed by atoms with E-state index in [1.807, 2.05) is 0 Å². The van der Waals surface area contributed by atoms with Crippen molar-refractivity contribution in [3.63, 3.8) is 0 Å². The van der Waals surface area contributed by atoms with Crippen LogP contribution in [0.15, 0.2) is 30.3 Å². The van der Waals surface area contributed by atoms with Crippen molar-refractivity contribution in [2.75, 3.05) is 16.8 Å². The summed E-state index contributed by atoms with van der Waals surface area (Å²) < 4.78 is 27.4. The molecular formula is C14H13F2N3O. The highest BCUT2D eigenvalue weighted by molar-refractivity contribution is 6.08. The molecule has 0 unspecified atom stereocenters. The molecule has 6 heteroatoms. The van der Waals surface area contributed by atoms with Crippen molar-refractivity contribution < 1.29 is 13.6 Å². The number of nitrogen functional groups attached to an aromatic ring is 2. The molecule has 5 N–H and O–H groups in total. The molecule has 0 aromatic heterocycles. The molecule has 104 valence electrons. The molecule has 1 amide bonds. The van der Waals surface area contributed by atoms with Crippen LogP contribution in [0, 0.1) is 18.6 Å². The van der Waals surface area contributed by atoms with Crippen molar-refractivity contribution in [2.24, 2.45) is 0 Å². The molecule has 0 radical (unpaired) electrons. The minimum Gasteiger partial charge on any atom is -0.399 e. The SMILES string of the molecule is Cc1ccc(F)c(NC(=O)c2ccc(N)cc2N)c1F. The van der Waals surface area contributed by atoms with Crippen LogP contribution in [0.4, 0.5) is 25.8 Å². The lowest BCUT2D eigenvalue weighted by Crippen LogP contribution is -2.16. The number of amides is 1. The van der Waals surface area contributed by atoms with E-state index in [1.54, 1.807) is 0 Å². The van der Waals surface area contributed by atoms with Gasteiger partial charge in [0.25, 0.3) is 5.91 Å². The van der Waals surface area contributed by atoms with Crippen LogP contribution in [0.5, 0.6) is 0 Å². The number of nitrogens with one attached hydrogen (secondary N) is 1. The zero-order valence-electron chi connectivity index (χ0n) is 10.7. The fourth-order valence-corrected chi connectivity index (χ4v) is 1.74. The van der Waals surface area contributed by atoms with E-state index in [2.05, 4.69) is 5.32 Å². The summed E-state index contributed by atoms with van der Waals surface area (Å²) in [4.78, 5) is 12.0. The number of anilines is 3. The largest absolute Gasteiger partial charge is 0.399 e. The van der Waals surface area contributed by atoms with Crippen LogP contribution in [-0.2, 0) is 0 Å². The minimum atomic E-state index is -0.851. The second kappa shape index (κ2) is 5.16. The summed E-state index contributed by atoms with van der Waals surface area (Å²) in [5, 5.41) is 2.19. The summed E-state index contributed by atoms with van der Waals surface area (Å²) in [6, 6.07) is 6.65. The van der Waals surface area contributed by atoms with Crippen LogP contribution in [-0.4, -0.2) is 5.91 Å². The van der Waals surface area contributed by atoms with Gasteiger partial charge in [0, 0.05) is 11.4 Å². The first-order valence-electron chi connectivity index (χ1n) is 5.81. The summed E-state index contributed by atoms with van der Waals surface area (Å²) in [5.74, 6) is -2.37. The molecule has 4 nitrogen and oxygen atoms in total. The fourth-order valence-electron chi connectivity index (χ4n) is 1.74. The Labute approximate surface area is 114 Å². The van der Waals surface area contributed by atoms with Crippen molar-refractivity contribution in [1.82, 2.24) is 0 Å². The van der Waals surface area contributed by atoms with Gasteiger partial charge in [0.05, 0.1) is 5.56 Å². The first kappa shape index (κ1) is 13.8. The fraction of sp³-hybridized carbons (Fsp3) is 0.0714. The summed E-state index contributed by atoms with van der Waals surface area (Å²) >= 11 is 0. The number of halogens is 2. The van der Waals surface area contributed by atoms with Gasteiger partial charge in [-0.1, -0.05) is 6.07 Å². The average molecular weight is 277 g/mol. The van der Waals surface area contributed by atoms with Crippen molar-refractivity contribution in [3.05, 3.63) is 53.1 Å². The number of carbonyl (C=O) groups is 1. The Hall–Kier alpha value is -2.63. The lowest BCUT2D eigenvalue weighted by molar-refractivity contribution is 0.102. The summed E-state index contributed by atoms with van der Waals surface area (Å²) in [7, 11) is 0. The minimum absolute atomic E-state index is 0.0968. The van der Waals surface area contributed by atoms with Crippen molar-refractivity contribution >= 4 is 23.0 Å². The third-order valence-corrected chi connectivity index (χ3v) is 2.84. The lowest BCUT2D eigenvalue weighted by Gasteiger charge is -2.11. The summed E-state index contributed by atoms with van der Waals surface area (Å²) in [6.45, 7) is 1.47. The molecular weight excluding hydrogens is 264 g/mol. The van der Waals surface area contributed by atoms with Crippen molar-refractivity contribution in [1.29, 1.82) is 0 Å². The predicted octanol–water partition coefficient (Wildman–Crippen LogP) is 2.69. The van der Waals surface area contributed by atoms with Crippen LogP contribution in [0.25, 0.3) is 0 Å². The molecule has 0 heterocycles. The second-order valence-electron chi connectivity index (χ2n) is 4.35. The molecule has 2 aromatic carbocycles. The molecule has 0 saturated heterocycles. The Balaban J connectivity index is 2.35. The van der Waals surface area contributed by atoms with E-state index in [0.717, 1.165) is 6.07 Å². The molecule has 2 rings (SSSR count). The molecule has 0 spiro atoms. The zero-order valence-corrected chi connectivity index (χ0v) is 10.7. The molecule has 0 aliphatic carbocycles. The topological polar surface area (TPSA) is 81.1 Å². The third kappa shape index (κ3) is 2.54. The van der Waals surface area contributed by atoms with E-state index in [-0.39, 0.29) is 16.8 Å². The molecule has 0 bridgehead atoms. The maximum Gasteiger partial charge on any atom is 0.257 e. The predicted molar refractivity (Wildman–Crippen MR) is 74.3 cm³/mol. The van der Waals surface area contributed by atoms with Gasteiger partial charge in [-0.05, 0) is 36.8 Å². The van der Waals surface area contributed by atoms with Crippen LogP contribution in [0.3, 0.4) is 0 Å². The van der Waals surface area contributed by atoms with Gasteiger partial charge >= 0.3 is 0 Å². The maximum atomic E-state index is 13.8. The molecule has 0 saturated carbocycles. The lowest BCUT2D eigenvalue weighted by atomic mass is 10.1. The number of nitrogens with two attached hydrogens (primary N) is 2. The Morgan fingerprint density at radius 1 is 1.15 bits per heavy atom. The second-order valence-corrected chi connectivity index (χ2v) is 4.35. The first-order chi connectivity index (χ1) is 9.40. The normalized spacial score (nSPS) is 10.3. The monoisotopic (exact) mass is 277 g/mol. The number of benzene rings is 2. The van der Waals surface area contributed by atoms with Crippen LogP contribution in [0.1, 0.15) is 15.9 Å². The van der Waals surface area contributed by atoms with Gasteiger partial charge in [-0.15, -0.1) is 0 Å². The quantitative estimate of drug-likeness (QED) is 0.738. The Morgan fingerprint density at radius 3 is 2.50 bits per heavy atom. The average Bonchev–Trinajstić information content (AvgIpc) is 2.39. The smallest absolute Gasteiger partial charge is 0.257 e. The van der Waals surface area contributed by atoms with Crippen molar-refractivity contribution in [3.8, 4) is 0 Å². The number of hydrogen-bond donors (Lipinski definition) is 3. The van der Waals surface area contributed by atoms with E-state index < -0.39 is 23.2 Å². The van der Waals surface area contributed by atoms with E-state index in [1.165, 1.54) is 31.2 Å². The highest BCUT2D eigenvalue weighted by atomic mass is 19.1. The summed E-state index contributed by atoms with van der Waals surface area (Å²) in [5.41, 5.74) is 11.5. The first-order valence-corrected chi connectivity index (χ1v) is 5.81. The van der Waals surface area contributed by atoms with Gasteiger partial charge in [-0.2, -0.15) is 0 Å². The van der Waals surface area contributed by atoms with Gasteiger partial charge in [-0.25, -0.2) is 8.78 Å². The number of aryl methyl sites for hydroxylation is 1. The number of rotatable bonds is 2. The van der Waals surface area contributed by atoms with E-state index in [9.17, 15) is 13.6 Å². The number of carbonyl (C=O) groups excluding carboxylic acids is 1. The van der Waals surface area contributed by atoms with Gasteiger partial charge in [0.15, 0.2) is 5.82 Å². The Bertz CT molecular complexity index is 686. The van der Waals surface area contributed by atoms with E-state index in [4.69, 9.17) is 11.5 Å². The van der Waals surface area contributed by atoms with Crippen LogP contribution >= 0.6 is 0 Å². The van der Waals surface area contributed by atoms with E-state index >= 15 is 0 Å². The van der Waals surface area contributed by atoms with Crippen LogP contribution < -0.4 is 16.8 Å². The van der Waals surface area contributed by atoms with Crippen molar-refractivity contribution in [2.45, 2.75) is 6.92 Å². The maximum absolute atomic E-state index is 13.8. The van der Waals surface area contributed by atoms with Gasteiger partial charge in [0.1, 0.15) is 11.5 Å². The Kier molecular flexibility index (Phi) is 3.56. The third-order valence-electron chi connectivity index (χ3n) is 2.84. The van der Waals surface area contributed by atoms with E-state index in [0.29, 0.717) is 5.69 Å². The highest BCUT2D eigenvalue weighted by Crippen LogP contribution is 2.23. The Morgan fingerprint density at radius 2 is 1.85 bits per heavy atom. The molecule has 0 aliphatic heterocycles. The summed E-state index contributed by atoms with van der Waals surface area (Å²) in [6.07, 6.45) is 0. The zero-order chi connectivity index (χ0) is 14.9. The molecule has 2 aromatic rings. The molecule has 20 heavy (non-hydrogen) atoms. The number of hydrogen-bond acceptors (Lipinski definition) is 3. The standard InChI is InChI=1S/C14H13F2N3O/c1-7-2-5-10(15)13(12(7)16)19-14(20)9-4-3-8(17)6-11(9)18/h2-6H,17-18H2,1H3,(H,19,20). The molecule has 0 fully saturated rings. The highest BCUT2D eigenvalue weighted by Gasteiger charge is 2.16. The van der Waals surface area contributed by atoms with Gasteiger partial charge in [0.2, 0.25) is 0 Å². The van der Waals surface area contributed by atoms with Gasteiger partial charge in [-0.3, -0.25) is 4.79 Å².